The Kier molecular flexibility index (Phi) is 11.9. The average molecular weight is 350 g/mol. The Bertz CT molecular complexity index is 360. The first-order valence-electron chi connectivity index (χ1n) is 9.03. The van der Waals surface area contributed by atoms with Crippen molar-refractivity contribution in [2.45, 2.75) is 85.0 Å². The third-order valence-electron chi connectivity index (χ3n) is 4.53. The monoisotopic (exact) mass is 350 g/mol. The average Bonchev–Trinajstić information content (AvgIpc) is 2.49. The van der Waals surface area contributed by atoms with Crippen molar-refractivity contribution in [2.75, 3.05) is 12.8 Å². The normalized spacial score (nSPS) is 12.4. The van der Waals surface area contributed by atoms with Crippen LogP contribution in [0.25, 0.3) is 0 Å². The van der Waals surface area contributed by atoms with E-state index in [4.69, 9.17) is 4.74 Å². The van der Waals surface area contributed by atoms with Crippen LogP contribution in [0.15, 0.2) is 0 Å². The van der Waals surface area contributed by atoms with Gasteiger partial charge in [0.05, 0.1) is 18.2 Å². The van der Waals surface area contributed by atoms with Crippen LogP contribution in [-0.2, 0) is 14.1 Å². The van der Waals surface area contributed by atoms with Gasteiger partial charge in [-0.3, -0.25) is 9.36 Å². The smallest absolute Gasteiger partial charge is 0.326 e. The van der Waals surface area contributed by atoms with Crippen molar-refractivity contribution in [1.29, 1.82) is 0 Å². The molecule has 2 N–H and O–H groups in total. The summed E-state index contributed by atoms with van der Waals surface area (Å²) in [4.78, 5) is 30.6. The number of unbranched alkanes of at least 4 members (excludes halogenated alkanes) is 7. The van der Waals surface area contributed by atoms with Gasteiger partial charge in [-0.25, -0.2) is 0 Å². The zero-order valence-electron chi connectivity index (χ0n) is 15.1. The van der Waals surface area contributed by atoms with E-state index in [1.165, 1.54) is 32.1 Å². The predicted molar refractivity (Wildman–Crippen MR) is 93.5 cm³/mol. The van der Waals surface area contributed by atoms with Crippen molar-refractivity contribution < 1.29 is 23.9 Å². The van der Waals surface area contributed by atoms with Crippen molar-refractivity contribution in [3.8, 4) is 0 Å². The molecule has 0 aliphatic carbocycles. The molecule has 0 amide bonds. The quantitative estimate of drug-likeness (QED) is 0.270. The third kappa shape index (κ3) is 10.2. The minimum atomic E-state index is -4.24. The number of ether oxygens (including phenoxy) is 1. The van der Waals surface area contributed by atoms with Gasteiger partial charge in [0, 0.05) is 0 Å². The zero-order chi connectivity index (χ0) is 17.8. The predicted octanol–water partition coefficient (Wildman–Crippen LogP) is 4.65. The molecule has 0 rings (SSSR count). The van der Waals surface area contributed by atoms with E-state index in [0.717, 1.165) is 19.3 Å². The van der Waals surface area contributed by atoms with E-state index in [1.54, 1.807) is 13.8 Å². The molecule has 0 unspecified atom stereocenters. The van der Waals surface area contributed by atoms with Gasteiger partial charge in [0.1, 0.15) is 0 Å². The molecule has 0 atom stereocenters. The van der Waals surface area contributed by atoms with E-state index in [0.29, 0.717) is 19.4 Å². The standard InChI is InChI=1S/C17H35O5P/c1-4-7-8-9-10-11-12-13-14-22-16(18)17(5-2,6-3)15-23(19,20)21/h4-15H2,1-3H3,(H2,19,20,21). The fourth-order valence-corrected chi connectivity index (χ4v) is 4.14. The highest BCUT2D eigenvalue weighted by Gasteiger charge is 2.42. The number of carbonyl (C=O) groups excluding carboxylic acids is 1. The number of hydrogen-bond acceptors (Lipinski definition) is 3. The number of rotatable bonds is 14. The second-order valence-corrected chi connectivity index (χ2v) is 8.07. The van der Waals surface area contributed by atoms with E-state index in [-0.39, 0.29) is 0 Å². The summed E-state index contributed by atoms with van der Waals surface area (Å²) < 4.78 is 16.6. The van der Waals surface area contributed by atoms with Crippen molar-refractivity contribution in [3.63, 3.8) is 0 Å². The molecule has 23 heavy (non-hydrogen) atoms. The van der Waals surface area contributed by atoms with Crippen molar-refractivity contribution in [3.05, 3.63) is 0 Å². The summed E-state index contributed by atoms with van der Waals surface area (Å²) in [7, 11) is -4.24. The fraction of sp³-hybridized carbons (Fsp3) is 0.941. The van der Waals surface area contributed by atoms with Gasteiger partial charge in [0.15, 0.2) is 0 Å². The molecule has 0 radical (unpaired) electrons. The summed E-state index contributed by atoms with van der Waals surface area (Å²) in [5.41, 5.74) is -1.06. The first-order chi connectivity index (χ1) is 10.8. The SMILES string of the molecule is CCCCCCCCCCOC(=O)C(CC)(CC)CP(=O)(O)O. The maximum absolute atomic E-state index is 12.2. The van der Waals surface area contributed by atoms with E-state index in [9.17, 15) is 19.1 Å². The lowest BCUT2D eigenvalue weighted by molar-refractivity contribution is -0.155. The number of carbonyl (C=O) groups is 1. The molecule has 0 fully saturated rings. The second kappa shape index (κ2) is 12.0. The van der Waals surface area contributed by atoms with Crippen LogP contribution in [0.5, 0.6) is 0 Å². The van der Waals surface area contributed by atoms with E-state index >= 15 is 0 Å². The molecule has 0 aromatic carbocycles. The highest BCUT2D eigenvalue weighted by Crippen LogP contribution is 2.45. The molecule has 0 saturated carbocycles. The summed E-state index contributed by atoms with van der Waals surface area (Å²) in [6, 6.07) is 0. The molecule has 5 nitrogen and oxygen atoms in total. The van der Waals surface area contributed by atoms with Gasteiger partial charge < -0.3 is 14.5 Å². The zero-order valence-corrected chi connectivity index (χ0v) is 15.9. The molecule has 0 heterocycles. The lowest BCUT2D eigenvalue weighted by Gasteiger charge is -2.29. The maximum atomic E-state index is 12.2. The van der Waals surface area contributed by atoms with Gasteiger partial charge in [-0.2, -0.15) is 0 Å². The lowest BCUT2D eigenvalue weighted by atomic mass is 9.84. The molecule has 138 valence electrons. The first kappa shape index (κ1) is 22.6. The Hall–Kier alpha value is -0.380. The van der Waals surface area contributed by atoms with Crippen LogP contribution in [0.4, 0.5) is 0 Å². The Morgan fingerprint density at radius 2 is 1.39 bits per heavy atom. The number of hydrogen-bond donors (Lipinski definition) is 2. The van der Waals surface area contributed by atoms with E-state index in [1.807, 2.05) is 0 Å². The Balaban J connectivity index is 4.03. The fourth-order valence-electron chi connectivity index (χ4n) is 2.78. The van der Waals surface area contributed by atoms with E-state index in [2.05, 4.69) is 6.92 Å². The minimum Gasteiger partial charge on any atom is -0.465 e. The van der Waals surface area contributed by atoms with Gasteiger partial charge in [0.2, 0.25) is 0 Å². The highest BCUT2D eigenvalue weighted by atomic mass is 31.2. The topological polar surface area (TPSA) is 83.8 Å². The molecule has 6 heteroatoms. The molecule has 0 spiro atoms. The minimum absolute atomic E-state index is 0.344. The molecule has 0 aliphatic rings. The van der Waals surface area contributed by atoms with Crippen LogP contribution in [-0.4, -0.2) is 28.5 Å². The van der Waals surface area contributed by atoms with Crippen LogP contribution in [0.2, 0.25) is 0 Å². The van der Waals surface area contributed by atoms with Gasteiger partial charge in [-0.1, -0.05) is 65.7 Å². The van der Waals surface area contributed by atoms with Crippen LogP contribution in [0.3, 0.4) is 0 Å². The Morgan fingerprint density at radius 3 is 1.83 bits per heavy atom. The lowest BCUT2D eigenvalue weighted by Crippen LogP contribution is -2.35. The van der Waals surface area contributed by atoms with Crippen LogP contribution in [0.1, 0.15) is 85.0 Å². The van der Waals surface area contributed by atoms with Crippen molar-refractivity contribution >= 4 is 13.6 Å². The van der Waals surface area contributed by atoms with Crippen molar-refractivity contribution in [2.24, 2.45) is 5.41 Å². The molecular formula is C17H35O5P. The first-order valence-corrected chi connectivity index (χ1v) is 10.8. The Morgan fingerprint density at radius 1 is 0.913 bits per heavy atom. The van der Waals surface area contributed by atoms with Gasteiger partial charge in [0.25, 0.3) is 0 Å². The van der Waals surface area contributed by atoms with Crippen LogP contribution >= 0.6 is 7.60 Å². The molecule has 0 saturated heterocycles. The summed E-state index contributed by atoms with van der Waals surface area (Å²) in [5.74, 6) is -0.464. The van der Waals surface area contributed by atoms with E-state index < -0.39 is 25.1 Å². The van der Waals surface area contributed by atoms with Gasteiger partial charge in [-0.15, -0.1) is 0 Å². The molecular weight excluding hydrogens is 315 g/mol. The van der Waals surface area contributed by atoms with Gasteiger partial charge >= 0.3 is 13.6 Å². The maximum Gasteiger partial charge on any atom is 0.326 e. The molecule has 0 aromatic heterocycles. The summed E-state index contributed by atoms with van der Waals surface area (Å²) in [5, 5.41) is 0. The second-order valence-electron chi connectivity index (χ2n) is 6.42. The molecule has 0 aromatic rings. The Labute approximate surface area is 141 Å². The number of esters is 1. The van der Waals surface area contributed by atoms with Gasteiger partial charge in [-0.05, 0) is 19.3 Å². The van der Waals surface area contributed by atoms with Crippen molar-refractivity contribution in [1.82, 2.24) is 0 Å². The molecule has 0 aliphatic heterocycles. The largest absolute Gasteiger partial charge is 0.465 e. The van der Waals surface area contributed by atoms with Crippen LogP contribution in [0, 0.1) is 5.41 Å². The summed E-state index contributed by atoms with van der Waals surface area (Å²) >= 11 is 0. The third-order valence-corrected chi connectivity index (χ3v) is 5.54. The summed E-state index contributed by atoms with van der Waals surface area (Å²) in [6.45, 7) is 6.09. The molecule has 0 bridgehead atoms. The highest BCUT2D eigenvalue weighted by molar-refractivity contribution is 7.51. The summed E-state index contributed by atoms with van der Waals surface area (Å²) in [6.07, 6.45) is 9.67. The van der Waals surface area contributed by atoms with Crippen LogP contribution < -0.4 is 0 Å².